The number of hydrogen-bond acceptors (Lipinski definition) is 5. The van der Waals surface area contributed by atoms with E-state index in [1.165, 1.54) is 12.8 Å². The van der Waals surface area contributed by atoms with Crippen LogP contribution in [0.25, 0.3) is 0 Å². The number of nitrogens with one attached hydrogen (secondary N) is 1. The number of carbonyl (C=O) groups excluding carboxylic acids is 1. The quantitative estimate of drug-likeness (QED) is 0.847. The molecule has 3 rings (SSSR count). The highest BCUT2D eigenvalue weighted by Gasteiger charge is 2.25. The molecule has 122 valence electrons. The maximum absolute atomic E-state index is 12.3. The molecular weight excluding hydrogens is 292 g/mol. The third kappa shape index (κ3) is 3.80. The highest BCUT2D eigenvalue weighted by molar-refractivity contribution is 5.92. The summed E-state index contributed by atoms with van der Waals surface area (Å²) in [6, 6.07) is 3.28. The minimum atomic E-state index is -0.286. The second-order valence-electron chi connectivity index (χ2n) is 6.04. The summed E-state index contributed by atoms with van der Waals surface area (Å²) in [5.41, 5.74) is 0.306. The first-order valence-electron chi connectivity index (χ1n) is 8.21. The van der Waals surface area contributed by atoms with Crippen molar-refractivity contribution in [3.63, 3.8) is 0 Å². The molecular formula is C17H22N4O2. The van der Waals surface area contributed by atoms with Crippen molar-refractivity contribution in [3.05, 3.63) is 17.8 Å². The molecule has 0 aromatic carbocycles. The molecule has 2 saturated heterocycles. The van der Waals surface area contributed by atoms with E-state index in [2.05, 4.69) is 26.3 Å². The molecule has 2 aliphatic rings. The molecule has 1 aromatic heterocycles. The van der Waals surface area contributed by atoms with Crippen LogP contribution < -0.4 is 10.2 Å². The average molecular weight is 314 g/mol. The standard InChI is InChI=1S/C17H22N4O2/c1-2-14(13-7-11-23-12-8-13)18-17(22)15-5-6-16(20-19-15)21-9-3-4-10-21/h1,5-6,13-14H,3-4,7-12H2,(H,18,22). The Morgan fingerprint density at radius 3 is 2.65 bits per heavy atom. The van der Waals surface area contributed by atoms with E-state index in [4.69, 9.17) is 11.2 Å². The number of amides is 1. The van der Waals surface area contributed by atoms with Gasteiger partial charge in [-0.15, -0.1) is 16.6 Å². The van der Waals surface area contributed by atoms with E-state index in [9.17, 15) is 4.79 Å². The SMILES string of the molecule is C#CC(NC(=O)c1ccc(N2CCCC2)nn1)C1CCOCC1. The molecule has 0 bridgehead atoms. The predicted octanol–water partition coefficient (Wildman–Crippen LogP) is 1.23. The summed E-state index contributed by atoms with van der Waals surface area (Å²) in [5, 5.41) is 11.1. The molecule has 0 saturated carbocycles. The predicted molar refractivity (Wildman–Crippen MR) is 87.1 cm³/mol. The van der Waals surface area contributed by atoms with Crippen molar-refractivity contribution in [2.75, 3.05) is 31.2 Å². The van der Waals surface area contributed by atoms with Crippen molar-refractivity contribution in [3.8, 4) is 12.3 Å². The Hall–Kier alpha value is -2.13. The molecule has 23 heavy (non-hydrogen) atoms. The van der Waals surface area contributed by atoms with Gasteiger partial charge in [0.05, 0.1) is 6.04 Å². The fraction of sp³-hybridized carbons (Fsp3) is 0.588. The third-order valence-corrected chi connectivity index (χ3v) is 4.52. The van der Waals surface area contributed by atoms with Gasteiger partial charge in [0.1, 0.15) is 0 Å². The van der Waals surface area contributed by atoms with Crippen LogP contribution in [0.3, 0.4) is 0 Å². The van der Waals surface area contributed by atoms with Crippen LogP contribution in [0.1, 0.15) is 36.2 Å². The first-order chi connectivity index (χ1) is 11.3. The van der Waals surface area contributed by atoms with E-state index in [0.717, 1.165) is 31.7 Å². The van der Waals surface area contributed by atoms with Gasteiger partial charge in [0.15, 0.2) is 11.5 Å². The van der Waals surface area contributed by atoms with E-state index < -0.39 is 0 Å². The topological polar surface area (TPSA) is 67.4 Å². The molecule has 3 heterocycles. The Morgan fingerprint density at radius 2 is 2.04 bits per heavy atom. The molecule has 1 atom stereocenters. The molecule has 2 fully saturated rings. The Balaban J connectivity index is 1.61. The van der Waals surface area contributed by atoms with Gasteiger partial charge in [0.2, 0.25) is 0 Å². The summed E-state index contributed by atoms with van der Waals surface area (Å²) >= 11 is 0. The van der Waals surface area contributed by atoms with Crippen molar-refractivity contribution >= 4 is 11.7 Å². The molecule has 1 amide bonds. The van der Waals surface area contributed by atoms with Gasteiger partial charge < -0.3 is 15.0 Å². The maximum Gasteiger partial charge on any atom is 0.272 e. The number of ether oxygens (including phenoxy) is 1. The van der Waals surface area contributed by atoms with Gasteiger partial charge in [-0.05, 0) is 43.7 Å². The van der Waals surface area contributed by atoms with Gasteiger partial charge >= 0.3 is 0 Å². The molecule has 2 aliphatic heterocycles. The van der Waals surface area contributed by atoms with Crippen molar-refractivity contribution in [1.29, 1.82) is 0 Å². The Bertz CT molecular complexity index is 569. The van der Waals surface area contributed by atoms with Crippen molar-refractivity contribution in [1.82, 2.24) is 15.5 Å². The highest BCUT2D eigenvalue weighted by atomic mass is 16.5. The van der Waals surface area contributed by atoms with Crippen LogP contribution in [0, 0.1) is 18.3 Å². The van der Waals surface area contributed by atoms with E-state index in [-0.39, 0.29) is 17.9 Å². The first kappa shape index (κ1) is 15.8. The number of hydrogen-bond donors (Lipinski definition) is 1. The molecule has 1 N–H and O–H groups in total. The maximum atomic E-state index is 12.3. The van der Waals surface area contributed by atoms with Gasteiger partial charge in [-0.1, -0.05) is 5.92 Å². The average Bonchev–Trinajstić information content (AvgIpc) is 3.15. The Morgan fingerprint density at radius 1 is 1.30 bits per heavy atom. The van der Waals surface area contributed by atoms with E-state index in [0.29, 0.717) is 18.9 Å². The lowest BCUT2D eigenvalue weighted by atomic mass is 9.92. The molecule has 0 spiro atoms. The van der Waals surface area contributed by atoms with Crippen LogP contribution in [0.15, 0.2) is 12.1 Å². The van der Waals surface area contributed by atoms with Crippen LogP contribution in [-0.2, 0) is 4.74 Å². The van der Waals surface area contributed by atoms with Crippen LogP contribution in [0.4, 0.5) is 5.82 Å². The van der Waals surface area contributed by atoms with Crippen molar-refractivity contribution in [2.24, 2.45) is 5.92 Å². The number of aromatic nitrogens is 2. The van der Waals surface area contributed by atoms with E-state index in [1.54, 1.807) is 6.07 Å². The van der Waals surface area contributed by atoms with Gasteiger partial charge in [-0.25, -0.2) is 0 Å². The number of carbonyl (C=O) groups is 1. The number of rotatable bonds is 4. The fourth-order valence-corrected chi connectivity index (χ4v) is 3.12. The summed E-state index contributed by atoms with van der Waals surface area (Å²) in [7, 11) is 0. The van der Waals surface area contributed by atoms with Crippen molar-refractivity contribution in [2.45, 2.75) is 31.7 Å². The monoisotopic (exact) mass is 314 g/mol. The Labute approximate surface area is 136 Å². The van der Waals surface area contributed by atoms with Gasteiger partial charge in [-0.3, -0.25) is 4.79 Å². The molecule has 6 nitrogen and oxygen atoms in total. The highest BCUT2D eigenvalue weighted by Crippen LogP contribution is 2.19. The van der Waals surface area contributed by atoms with Crippen LogP contribution in [-0.4, -0.2) is 48.4 Å². The summed E-state index contributed by atoms with van der Waals surface area (Å²) in [4.78, 5) is 14.5. The largest absolute Gasteiger partial charge is 0.381 e. The number of terminal acetylenes is 1. The zero-order valence-electron chi connectivity index (χ0n) is 13.2. The number of anilines is 1. The summed E-state index contributed by atoms with van der Waals surface area (Å²) in [6.07, 6.45) is 9.69. The summed E-state index contributed by atoms with van der Waals surface area (Å²) in [5.74, 6) is 3.51. The van der Waals surface area contributed by atoms with Crippen LogP contribution in [0.2, 0.25) is 0 Å². The summed E-state index contributed by atoms with van der Waals surface area (Å²) in [6.45, 7) is 3.40. The third-order valence-electron chi connectivity index (χ3n) is 4.52. The molecule has 6 heteroatoms. The second kappa shape index (κ2) is 7.42. The Kier molecular flexibility index (Phi) is 5.09. The second-order valence-corrected chi connectivity index (χ2v) is 6.04. The smallest absolute Gasteiger partial charge is 0.272 e. The molecule has 1 aromatic rings. The van der Waals surface area contributed by atoms with Gasteiger partial charge in [0, 0.05) is 26.3 Å². The molecule has 0 radical (unpaired) electrons. The minimum Gasteiger partial charge on any atom is -0.381 e. The fourth-order valence-electron chi connectivity index (χ4n) is 3.12. The number of nitrogens with zero attached hydrogens (tertiary/aromatic N) is 3. The first-order valence-corrected chi connectivity index (χ1v) is 8.21. The lowest BCUT2D eigenvalue weighted by Gasteiger charge is -2.27. The van der Waals surface area contributed by atoms with Crippen LogP contribution in [0.5, 0.6) is 0 Å². The zero-order chi connectivity index (χ0) is 16.1. The zero-order valence-corrected chi connectivity index (χ0v) is 13.2. The molecule has 0 aliphatic carbocycles. The van der Waals surface area contributed by atoms with Gasteiger partial charge in [-0.2, -0.15) is 0 Å². The lowest BCUT2D eigenvalue weighted by Crippen LogP contribution is -2.41. The van der Waals surface area contributed by atoms with E-state index in [1.807, 2.05) is 6.07 Å². The van der Waals surface area contributed by atoms with E-state index >= 15 is 0 Å². The van der Waals surface area contributed by atoms with Crippen LogP contribution >= 0.6 is 0 Å². The normalized spacial score (nSPS) is 20.0. The van der Waals surface area contributed by atoms with Gasteiger partial charge in [0.25, 0.3) is 5.91 Å². The lowest BCUT2D eigenvalue weighted by molar-refractivity contribution is 0.0578. The molecule has 1 unspecified atom stereocenters. The summed E-state index contributed by atoms with van der Waals surface area (Å²) < 4.78 is 5.34. The minimum absolute atomic E-state index is 0.259. The van der Waals surface area contributed by atoms with Crippen molar-refractivity contribution < 1.29 is 9.53 Å².